The van der Waals surface area contributed by atoms with Gasteiger partial charge in [0.15, 0.2) is 5.69 Å². The first-order valence-electron chi connectivity index (χ1n) is 9.06. The molecule has 1 aliphatic carbocycles. The van der Waals surface area contributed by atoms with Crippen molar-refractivity contribution in [2.45, 2.75) is 51.1 Å². The second kappa shape index (κ2) is 7.21. The van der Waals surface area contributed by atoms with E-state index in [4.69, 9.17) is 4.98 Å². The van der Waals surface area contributed by atoms with Crippen molar-refractivity contribution in [2.24, 2.45) is 0 Å². The maximum atomic E-state index is 12.7. The summed E-state index contributed by atoms with van der Waals surface area (Å²) in [6.45, 7) is 2.52. The Morgan fingerprint density at radius 3 is 2.96 bits per heavy atom. The number of amides is 1. The van der Waals surface area contributed by atoms with Crippen molar-refractivity contribution in [1.82, 2.24) is 30.2 Å². The number of fused-ring (bicyclic) bond motifs is 1. The molecule has 8 heteroatoms. The Hall–Kier alpha value is -1.80. The van der Waals surface area contributed by atoms with Crippen LogP contribution in [0.25, 0.3) is 0 Å². The number of hydrogen-bond acceptors (Lipinski definition) is 6. The van der Waals surface area contributed by atoms with Crippen LogP contribution in [0.4, 0.5) is 0 Å². The van der Waals surface area contributed by atoms with E-state index in [0.717, 1.165) is 43.8 Å². The first-order chi connectivity index (χ1) is 12.2. The van der Waals surface area contributed by atoms with Crippen molar-refractivity contribution in [3.05, 3.63) is 27.5 Å². The minimum Gasteiger partial charge on any atom is -0.333 e. The molecule has 25 heavy (non-hydrogen) atoms. The van der Waals surface area contributed by atoms with Crippen molar-refractivity contribution in [3.63, 3.8) is 0 Å². The molecule has 7 nitrogen and oxygen atoms in total. The van der Waals surface area contributed by atoms with Gasteiger partial charge >= 0.3 is 0 Å². The summed E-state index contributed by atoms with van der Waals surface area (Å²) in [5.41, 5.74) is 1.66. The van der Waals surface area contributed by atoms with Crippen LogP contribution in [0.15, 0.2) is 6.20 Å². The van der Waals surface area contributed by atoms with Crippen molar-refractivity contribution >= 4 is 17.2 Å². The molecule has 0 radical (unpaired) electrons. The molecule has 4 rings (SSSR count). The van der Waals surface area contributed by atoms with Gasteiger partial charge in [-0.05, 0) is 51.6 Å². The minimum absolute atomic E-state index is 0.0895. The third-order valence-electron chi connectivity index (χ3n) is 5.02. The van der Waals surface area contributed by atoms with Crippen LogP contribution in [0.1, 0.15) is 57.8 Å². The van der Waals surface area contributed by atoms with Crippen LogP contribution in [0.5, 0.6) is 0 Å². The summed E-state index contributed by atoms with van der Waals surface area (Å²) in [5, 5.41) is 12.6. The highest BCUT2D eigenvalue weighted by molar-refractivity contribution is 7.11. The lowest BCUT2D eigenvalue weighted by atomic mass is 10.0. The van der Waals surface area contributed by atoms with Gasteiger partial charge in [0.25, 0.3) is 5.91 Å². The normalized spacial score (nSPS) is 18.1. The van der Waals surface area contributed by atoms with Crippen molar-refractivity contribution in [2.75, 3.05) is 20.1 Å². The Kier molecular flexibility index (Phi) is 4.80. The van der Waals surface area contributed by atoms with Gasteiger partial charge in [-0.25, -0.2) is 9.67 Å². The quantitative estimate of drug-likeness (QED) is 0.900. The average Bonchev–Trinajstić information content (AvgIpc) is 3.28. The zero-order valence-electron chi connectivity index (χ0n) is 14.6. The predicted octanol–water partition coefficient (Wildman–Crippen LogP) is 1.81. The van der Waals surface area contributed by atoms with Crippen LogP contribution in [0.2, 0.25) is 0 Å². The summed E-state index contributed by atoms with van der Waals surface area (Å²) in [6.07, 6.45) is 8.54. The van der Waals surface area contributed by atoms with E-state index in [0.29, 0.717) is 18.3 Å². The largest absolute Gasteiger partial charge is 0.333 e. The van der Waals surface area contributed by atoms with Crippen molar-refractivity contribution in [3.8, 4) is 0 Å². The van der Waals surface area contributed by atoms with Gasteiger partial charge in [0.2, 0.25) is 0 Å². The molecule has 2 aromatic rings. The minimum atomic E-state index is -0.0895. The SMILES string of the molecule is CN(Cc1nc2c(s1)CCCC2)C(=O)c1cn(C2CCNCC2)nn1. The molecule has 2 aromatic heterocycles. The fraction of sp³-hybridized carbons (Fsp3) is 0.647. The fourth-order valence-corrected chi connectivity index (χ4v) is 4.78. The first-order valence-corrected chi connectivity index (χ1v) is 9.88. The van der Waals surface area contributed by atoms with E-state index in [9.17, 15) is 4.79 Å². The standard InChI is InChI=1S/C17H24N6OS/c1-22(11-16-19-13-4-2-3-5-15(13)25-16)17(24)14-10-23(21-20-14)12-6-8-18-9-7-12/h10,12,18H,2-9,11H2,1H3. The van der Waals surface area contributed by atoms with Gasteiger partial charge in [0.1, 0.15) is 5.01 Å². The molecule has 0 bridgehead atoms. The van der Waals surface area contributed by atoms with Crippen LogP contribution in [0.3, 0.4) is 0 Å². The zero-order chi connectivity index (χ0) is 17.2. The average molecular weight is 360 g/mol. The molecule has 1 amide bonds. The van der Waals surface area contributed by atoms with E-state index < -0.39 is 0 Å². The summed E-state index contributed by atoms with van der Waals surface area (Å²) in [6, 6.07) is 0.339. The summed E-state index contributed by atoms with van der Waals surface area (Å²) in [4.78, 5) is 20.5. The Labute approximate surface area is 151 Å². The molecule has 0 saturated carbocycles. The van der Waals surface area contributed by atoms with E-state index in [-0.39, 0.29) is 5.91 Å². The number of thiazole rings is 1. The van der Waals surface area contributed by atoms with Gasteiger partial charge in [0.05, 0.1) is 24.5 Å². The molecule has 1 fully saturated rings. The summed E-state index contributed by atoms with van der Waals surface area (Å²) >= 11 is 1.75. The number of piperidine rings is 1. The number of hydrogen-bond donors (Lipinski definition) is 1. The maximum absolute atomic E-state index is 12.7. The van der Waals surface area contributed by atoms with Gasteiger partial charge in [-0.1, -0.05) is 5.21 Å². The number of aryl methyl sites for hydroxylation is 2. The van der Waals surface area contributed by atoms with E-state index in [2.05, 4.69) is 15.6 Å². The summed E-state index contributed by atoms with van der Waals surface area (Å²) < 4.78 is 1.85. The van der Waals surface area contributed by atoms with E-state index in [1.165, 1.54) is 23.4 Å². The third-order valence-corrected chi connectivity index (χ3v) is 6.16. The van der Waals surface area contributed by atoms with E-state index >= 15 is 0 Å². The molecule has 0 atom stereocenters. The molecule has 2 aliphatic rings. The number of rotatable bonds is 4. The molecular formula is C17H24N6OS. The van der Waals surface area contributed by atoms with Crippen molar-refractivity contribution in [1.29, 1.82) is 0 Å². The maximum Gasteiger partial charge on any atom is 0.276 e. The Bertz CT molecular complexity index is 725. The van der Waals surface area contributed by atoms with Crippen molar-refractivity contribution < 1.29 is 4.79 Å². The number of aromatic nitrogens is 4. The molecule has 0 spiro atoms. The van der Waals surface area contributed by atoms with E-state index in [1.807, 2.05) is 11.7 Å². The fourth-order valence-electron chi connectivity index (χ4n) is 3.57. The monoisotopic (exact) mass is 360 g/mol. The molecule has 1 aliphatic heterocycles. The highest BCUT2D eigenvalue weighted by atomic mass is 32.1. The topological polar surface area (TPSA) is 75.9 Å². The Morgan fingerprint density at radius 2 is 2.16 bits per heavy atom. The number of nitrogens with zero attached hydrogens (tertiary/aromatic N) is 5. The zero-order valence-corrected chi connectivity index (χ0v) is 15.4. The van der Waals surface area contributed by atoms with Crippen LogP contribution < -0.4 is 5.32 Å². The molecular weight excluding hydrogens is 336 g/mol. The van der Waals surface area contributed by atoms with E-state index in [1.54, 1.807) is 22.4 Å². The molecule has 134 valence electrons. The van der Waals surface area contributed by atoms with Gasteiger partial charge in [0, 0.05) is 11.9 Å². The second-order valence-electron chi connectivity index (χ2n) is 6.91. The first kappa shape index (κ1) is 16.7. The smallest absolute Gasteiger partial charge is 0.276 e. The van der Waals surface area contributed by atoms with Crippen LogP contribution in [-0.2, 0) is 19.4 Å². The molecule has 1 N–H and O–H groups in total. The predicted molar refractivity (Wildman–Crippen MR) is 95.7 cm³/mol. The molecule has 3 heterocycles. The lowest BCUT2D eigenvalue weighted by Gasteiger charge is -2.22. The van der Waals surface area contributed by atoms with Gasteiger partial charge in [-0.2, -0.15) is 0 Å². The van der Waals surface area contributed by atoms with Gasteiger partial charge in [-0.15, -0.1) is 16.4 Å². The van der Waals surface area contributed by atoms with Crippen LogP contribution in [0, 0.1) is 0 Å². The summed E-state index contributed by atoms with van der Waals surface area (Å²) in [7, 11) is 1.81. The highest BCUT2D eigenvalue weighted by Crippen LogP contribution is 2.27. The Morgan fingerprint density at radius 1 is 1.36 bits per heavy atom. The van der Waals surface area contributed by atoms with Crippen LogP contribution >= 0.6 is 11.3 Å². The molecule has 0 aromatic carbocycles. The second-order valence-corrected chi connectivity index (χ2v) is 8.08. The summed E-state index contributed by atoms with van der Waals surface area (Å²) in [5.74, 6) is -0.0895. The lowest BCUT2D eigenvalue weighted by molar-refractivity contribution is 0.0779. The van der Waals surface area contributed by atoms with Gasteiger partial charge < -0.3 is 10.2 Å². The molecule has 1 saturated heterocycles. The third kappa shape index (κ3) is 3.59. The van der Waals surface area contributed by atoms with Gasteiger partial charge in [-0.3, -0.25) is 4.79 Å². The Balaban J connectivity index is 1.41. The number of carbonyl (C=O) groups is 1. The lowest BCUT2D eigenvalue weighted by Crippen LogP contribution is -2.29. The molecule has 0 unspecified atom stereocenters. The number of nitrogens with one attached hydrogen (secondary N) is 1. The number of carbonyl (C=O) groups excluding carboxylic acids is 1. The van der Waals surface area contributed by atoms with Crippen LogP contribution in [-0.4, -0.2) is 50.9 Å². The highest BCUT2D eigenvalue weighted by Gasteiger charge is 2.22.